The third-order valence-electron chi connectivity index (χ3n) is 0.915. The molecule has 0 aliphatic heterocycles. The molecule has 0 radical (unpaired) electrons. The number of hydrogen-bond acceptors (Lipinski definition) is 2. The van der Waals surface area contributed by atoms with Gasteiger partial charge in [-0.15, -0.1) is 0 Å². The molecule has 0 N–H and O–H groups in total. The highest BCUT2D eigenvalue weighted by molar-refractivity contribution is 4.88. The molecule has 0 saturated heterocycles. The first-order valence-electron chi connectivity index (χ1n) is 5.80. The van der Waals surface area contributed by atoms with Crippen molar-refractivity contribution in [3.63, 3.8) is 0 Å². The molecule has 0 spiro atoms. The summed E-state index contributed by atoms with van der Waals surface area (Å²) in [6, 6.07) is 4.51. The normalized spacial score (nSPS) is 13.8. The van der Waals surface area contributed by atoms with Gasteiger partial charge in [0.05, 0.1) is 6.85 Å². The van der Waals surface area contributed by atoms with Gasteiger partial charge in [0.25, 0.3) is 0 Å². The van der Waals surface area contributed by atoms with Gasteiger partial charge in [0.15, 0.2) is 0 Å². The predicted molar refractivity (Wildman–Crippen MR) is 48.5 cm³/mol. The molecule has 2 aromatic rings. The Morgan fingerprint density at radius 1 is 0.750 bits per heavy atom. The molecule has 0 bridgehead atoms. The summed E-state index contributed by atoms with van der Waals surface area (Å²) in [4.78, 5) is 7.06. The lowest BCUT2D eigenvalue weighted by Gasteiger charge is -1.70. The molecule has 0 unspecified atom stereocenters. The number of hydrogen-bond donors (Lipinski definition) is 0. The highest BCUT2D eigenvalue weighted by Gasteiger charge is 1.59. The zero-order valence-electron chi connectivity index (χ0n) is 11.3. The number of rotatable bonds is 0. The zero-order valence-corrected chi connectivity index (χ0v) is 6.28. The van der Waals surface area contributed by atoms with Crippen LogP contribution in [0.5, 0.6) is 0 Å². The average Bonchev–Trinajstić information content (AvgIpc) is 2.37. The highest BCUT2D eigenvalue weighted by atomic mass is 14.6. The van der Waals surface area contributed by atoms with E-state index < -0.39 is 30.5 Å². The van der Waals surface area contributed by atoms with E-state index in [9.17, 15) is 0 Å². The van der Waals surface area contributed by atoms with E-state index in [1.165, 1.54) is 0 Å². The first kappa shape index (κ1) is 3.81. The van der Waals surface area contributed by atoms with Gasteiger partial charge in [-0.05, 0) is 24.2 Å². The Morgan fingerprint density at radius 3 is 1.83 bits per heavy atom. The summed E-state index contributed by atoms with van der Waals surface area (Å²) in [5.74, 6) is 0. The summed E-state index contributed by atoms with van der Waals surface area (Å²) < 4.78 is 35.1. The van der Waals surface area contributed by atoms with Crippen LogP contribution in [-0.4, -0.2) is 9.97 Å². The summed E-state index contributed by atoms with van der Waals surface area (Å²) in [7, 11) is 0. The summed E-state index contributed by atoms with van der Waals surface area (Å²) in [5, 5.41) is 0. The molecule has 2 heteroatoms. The minimum atomic E-state index is -0.420. The molecule has 12 heavy (non-hydrogen) atoms. The topological polar surface area (TPSA) is 25.8 Å². The Kier molecular flexibility index (Phi) is 1.92. The Morgan fingerprint density at radius 2 is 1.42 bits per heavy atom. The molecule has 0 aliphatic carbocycles. The van der Waals surface area contributed by atoms with Gasteiger partial charge in [-0.2, -0.15) is 0 Å². The van der Waals surface area contributed by atoms with Gasteiger partial charge in [-0.3, -0.25) is 9.97 Å². The Balaban J connectivity index is 0.000000202. The van der Waals surface area contributed by atoms with E-state index in [1.807, 2.05) is 18.2 Å². The van der Waals surface area contributed by atoms with Crippen LogP contribution in [0.2, 0.25) is 0 Å². The standard InChI is InChI=1S/2C5H5N/c2*1-2-4-6-5-3-1/h2*1-5H/i1D,2D,3D,4D,5D;. The van der Waals surface area contributed by atoms with Crippen LogP contribution in [0.25, 0.3) is 0 Å². The van der Waals surface area contributed by atoms with Crippen molar-refractivity contribution in [1.82, 2.24) is 9.97 Å². The van der Waals surface area contributed by atoms with Crippen LogP contribution in [-0.2, 0) is 0 Å². The quantitative estimate of drug-likeness (QED) is 0.594. The molecule has 2 rings (SSSR count). The van der Waals surface area contributed by atoms with Crippen molar-refractivity contribution >= 4 is 0 Å². The lowest BCUT2D eigenvalue weighted by atomic mass is 10.5. The van der Waals surface area contributed by atoms with Crippen LogP contribution in [0.3, 0.4) is 0 Å². The summed E-state index contributed by atoms with van der Waals surface area (Å²) in [6.45, 7) is 0. The second kappa shape index (κ2) is 6.04. The van der Waals surface area contributed by atoms with Crippen molar-refractivity contribution in [1.29, 1.82) is 0 Å². The van der Waals surface area contributed by atoms with E-state index in [2.05, 4.69) is 9.97 Å². The fourth-order valence-corrected chi connectivity index (χ4v) is 0.484. The SMILES string of the molecule is [2H]c1nc([2H])c([2H])c([2H])c1[2H].c1ccncc1. The van der Waals surface area contributed by atoms with E-state index in [4.69, 9.17) is 6.85 Å². The monoisotopic (exact) mass is 163 g/mol. The van der Waals surface area contributed by atoms with Crippen molar-refractivity contribution in [3.8, 4) is 0 Å². The Hall–Kier alpha value is -1.70. The molecular formula is C10H10N2. The maximum Gasteiger partial charge on any atom is 0.0840 e. The van der Waals surface area contributed by atoms with E-state index in [0.717, 1.165) is 0 Å². The van der Waals surface area contributed by atoms with Crippen LogP contribution in [0.1, 0.15) is 6.85 Å². The molecule has 0 aliphatic rings. The maximum absolute atomic E-state index is 7.07. The van der Waals surface area contributed by atoms with Crippen molar-refractivity contribution in [2.75, 3.05) is 0 Å². The summed E-state index contributed by atoms with van der Waals surface area (Å²) in [5.41, 5.74) is 0. The third-order valence-corrected chi connectivity index (χ3v) is 0.915. The lowest BCUT2D eigenvalue weighted by Crippen LogP contribution is -1.58. The first-order chi connectivity index (χ1) is 8.04. The average molecular weight is 163 g/mol. The van der Waals surface area contributed by atoms with Crippen molar-refractivity contribution in [2.45, 2.75) is 0 Å². The van der Waals surface area contributed by atoms with Crippen molar-refractivity contribution in [2.24, 2.45) is 0 Å². The van der Waals surface area contributed by atoms with Gasteiger partial charge in [-0.1, -0.05) is 12.1 Å². The van der Waals surface area contributed by atoms with E-state index in [-0.39, 0.29) is 0 Å². The zero-order chi connectivity index (χ0) is 12.8. The summed E-state index contributed by atoms with van der Waals surface area (Å²) >= 11 is 0. The number of nitrogens with zero attached hydrogens (tertiary/aromatic N) is 2. The maximum atomic E-state index is 7.07. The van der Waals surface area contributed by atoms with Gasteiger partial charge in [0.2, 0.25) is 0 Å². The van der Waals surface area contributed by atoms with Crippen molar-refractivity contribution in [3.05, 3.63) is 61.1 Å². The van der Waals surface area contributed by atoms with Crippen LogP contribution < -0.4 is 0 Å². The second-order valence-corrected chi connectivity index (χ2v) is 1.73. The molecule has 60 valence electrons. The van der Waals surface area contributed by atoms with Gasteiger partial charge >= 0.3 is 0 Å². The van der Waals surface area contributed by atoms with E-state index >= 15 is 0 Å². The molecule has 0 saturated carbocycles. The Labute approximate surface area is 79.0 Å². The molecule has 2 aromatic heterocycles. The fraction of sp³-hybridized carbons (Fsp3) is 0. The van der Waals surface area contributed by atoms with Gasteiger partial charge in [0, 0.05) is 24.7 Å². The van der Waals surface area contributed by atoms with Gasteiger partial charge in [0.1, 0.15) is 0 Å². The highest BCUT2D eigenvalue weighted by Crippen LogP contribution is 1.74. The molecule has 0 fully saturated rings. The number of pyridine rings is 2. The fourth-order valence-electron chi connectivity index (χ4n) is 0.484. The van der Waals surface area contributed by atoms with Gasteiger partial charge in [-0.25, -0.2) is 0 Å². The summed E-state index contributed by atoms with van der Waals surface area (Å²) in [6.07, 6.45) is 2.66. The molecule has 0 aromatic carbocycles. The van der Waals surface area contributed by atoms with E-state index in [0.29, 0.717) is 0 Å². The van der Waals surface area contributed by atoms with Crippen LogP contribution >= 0.6 is 0 Å². The molecule has 2 nitrogen and oxygen atoms in total. The minimum Gasteiger partial charge on any atom is -0.265 e. The lowest BCUT2D eigenvalue weighted by molar-refractivity contribution is 1.33. The second-order valence-electron chi connectivity index (χ2n) is 1.73. The molecule has 2 heterocycles. The number of aromatic nitrogens is 2. The van der Waals surface area contributed by atoms with Crippen LogP contribution in [0.15, 0.2) is 61.1 Å². The smallest absolute Gasteiger partial charge is 0.0840 e. The van der Waals surface area contributed by atoms with E-state index in [1.54, 1.807) is 12.4 Å². The van der Waals surface area contributed by atoms with Crippen LogP contribution in [0.4, 0.5) is 0 Å². The molecule has 0 atom stereocenters. The first-order valence-corrected chi connectivity index (χ1v) is 3.30. The largest absolute Gasteiger partial charge is 0.265 e. The molecule has 0 amide bonds. The Bertz CT molecular complexity index is 437. The minimum absolute atomic E-state index is 0.397. The van der Waals surface area contributed by atoms with Crippen molar-refractivity contribution < 1.29 is 6.85 Å². The third kappa shape index (κ3) is 4.17. The molecular weight excluding hydrogens is 148 g/mol. The predicted octanol–water partition coefficient (Wildman–Crippen LogP) is 2.16. The van der Waals surface area contributed by atoms with Gasteiger partial charge < -0.3 is 0 Å². The van der Waals surface area contributed by atoms with Crippen LogP contribution in [0, 0.1) is 0 Å².